The molecule has 0 aromatic carbocycles. The maximum Gasteiger partial charge on any atom is 0.248 e. The molecule has 1 aliphatic heterocycles. The Labute approximate surface area is 152 Å². The van der Waals surface area contributed by atoms with Crippen molar-refractivity contribution in [3.8, 4) is 11.5 Å². The molecule has 0 saturated carbocycles. The van der Waals surface area contributed by atoms with Crippen molar-refractivity contribution in [1.29, 1.82) is 0 Å². The Morgan fingerprint density at radius 1 is 1.38 bits per heavy atom. The van der Waals surface area contributed by atoms with Crippen LogP contribution < -0.4 is 5.32 Å². The van der Waals surface area contributed by atoms with E-state index in [-0.39, 0.29) is 23.7 Å². The molecule has 8 nitrogen and oxygen atoms in total. The smallest absolute Gasteiger partial charge is 0.248 e. The van der Waals surface area contributed by atoms with Gasteiger partial charge < -0.3 is 14.6 Å². The van der Waals surface area contributed by atoms with E-state index in [0.29, 0.717) is 24.4 Å². The molecule has 3 rings (SSSR count). The van der Waals surface area contributed by atoms with E-state index >= 15 is 0 Å². The number of carbonyl (C=O) groups excluding carboxylic acids is 2. The molecular weight excluding hydrogens is 334 g/mol. The van der Waals surface area contributed by atoms with Crippen LogP contribution in [0.5, 0.6) is 0 Å². The zero-order valence-corrected chi connectivity index (χ0v) is 15.5. The van der Waals surface area contributed by atoms with Crippen LogP contribution in [0.25, 0.3) is 11.5 Å². The van der Waals surface area contributed by atoms with Gasteiger partial charge in [-0.25, -0.2) is 4.68 Å². The predicted octanol–water partition coefficient (Wildman–Crippen LogP) is 1.72. The largest absolute Gasteiger partial charge is 0.463 e. The maximum atomic E-state index is 13.3. The van der Waals surface area contributed by atoms with Crippen molar-refractivity contribution >= 4 is 11.8 Å². The molecule has 8 heteroatoms. The number of nitrogens with zero attached hydrogens (tertiary/aromatic N) is 4. The van der Waals surface area contributed by atoms with Gasteiger partial charge in [-0.1, -0.05) is 26.0 Å². The van der Waals surface area contributed by atoms with Crippen molar-refractivity contribution in [2.75, 3.05) is 13.6 Å². The first-order chi connectivity index (χ1) is 12.4. The molecule has 1 aliphatic rings. The summed E-state index contributed by atoms with van der Waals surface area (Å²) in [5.74, 6) is 0.650. The second kappa shape index (κ2) is 7.31. The summed E-state index contributed by atoms with van der Waals surface area (Å²) >= 11 is 0. The van der Waals surface area contributed by atoms with E-state index in [1.807, 2.05) is 13.8 Å². The lowest BCUT2D eigenvalue weighted by Crippen LogP contribution is -2.48. The van der Waals surface area contributed by atoms with Gasteiger partial charge in [-0.3, -0.25) is 9.59 Å². The monoisotopic (exact) mass is 359 g/mol. The molecule has 1 N–H and O–H groups in total. The van der Waals surface area contributed by atoms with Crippen LogP contribution in [0.15, 0.2) is 29.0 Å². The molecule has 0 spiro atoms. The number of carbonyl (C=O) groups is 2. The van der Waals surface area contributed by atoms with Gasteiger partial charge in [-0.05, 0) is 30.4 Å². The summed E-state index contributed by atoms with van der Waals surface area (Å²) < 4.78 is 6.92. The molecule has 0 radical (unpaired) electrons. The van der Waals surface area contributed by atoms with E-state index in [1.54, 1.807) is 41.2 Å². The lowest BCUT2D eigenvalue weighted by molar-refractivity contribution is -0.142. The summed E-state index contributed by atoms with van der Waals surface area (Å²) in [5.41, 5.74) is 0.575. The fraction of sp³-hybridized carbons (Fsp3) is 0.556. The zero-order chi connectivity index (χ0) is 18.8. The molecule has 3 atom stereocenters. The third-order valence-electron chi connectivity index (χ3n) is 4.80. The van der Waals surface area contributed by atoms with E-state index < -0.39 is 12.1 Å². The van der Waals surface area contributed by atoms with Crippen LogP contribution in [0.2, 0.25) is 0 Å². The Morgan fingerprint density at radius 2 is 2.15 bits per heavy atom. The molecule has 1 unspecified atom stereocenters. The minimum Gasteiger partial charge on any atom is -0.463 e. The Hall–Kier alpha value is -2.64. The molecular formula is C18H25N5O3. The summed E-state index contributed by atoms with van der Waals surface area (Å²) in [6.45, 7) is 6.55. The predicted molar refractivity (Wildman–Crippen MR) is 94.9 cm³/mol. The molecule has 2 amide bonds. The van der Waals surface area contributed by atoms with Crippen LogP contribution in [0.1, 0.15) is 33.2 Å². The quantitative estimate of drug-likeness (QED) is 0.877. The average molecular weight is 359 g/mol. The van der Waals surface area contributed by atoms with Crippen molar-refractivity contribution in [2.24, 2.45) is 11.8 Å². The fourth-order valence-corrected chi connectivity index (χ4v) is 3.53. The molecule has 140 valence electrons. The van der Waals surface area contributed by atoms with Crippen LogP contribution in [-0.4, -0.2) is 51.3 Å². The van der Waals surface area contributed by atoms with Crippen molar-refractivity contribution in [1.82, 2.24) is 25.2 Å². The van der Waals surface area contributed by atoms with E-state index in [1.165, 1.54) is 0 Å². The Kier molecular flexibility index (Phi) is 5.11. The van der Waals surface area contributed by atoms with Crippen molar-refractivity contribution < 1.29 is 14.0 Å². The third-order valence-corrected chi connectivity index (χ3v) is 4.80. The summed E-state index contributed by atoms with van der Waals surface area (Å²) in [4.78, 5) is 27.2. The van der Waals surface area contributed by atoms with Crippen molar-refractivity contribution in [3.63, 3.8) is 0 Å². The highest BCUT2D eigenvalue weighted by Gasteiger charge is 2.41. The SMILES string of the molecule is CNC(=O)[C@@H]1C[C@@H](C)CN1C(=O)C(C(C)C)n1cc(-c2ccco2)nn1. The second-order valence-electron chi connectivity index (χ2n) is 7.21. The summed E-state index contributed by atoms with van der Waals surface area (Å²) in [6, 6.07) is 2.61. The van der Waals surface area contributed by atoms with E-state index in [2.05, 4.69) is 22.6 Å². The number of hydrogen-bond donors (Lipinski definition) is 1. The maximum absolute atomic E-state index is 13.3. The third kappa shape index (κ3) is 3.36. The molecule has 2 aromatic rings. The van der Waals surface area contributed by atoms with Crippen LogP contribution in [0.3, 0.4) is 0 Å². The second-order valence-corrected chi connectivity index (χ2v) is 7.21. The highest BCUT2D eigenvalue weighted by molar-refractivity contribution is 5.89. The minimum absolute atomic E-state index is 0.00473. The first kappa shape index (κ1) is 18.2. The normalized spacial score (nSPS) is 21.2. The van der Waals surface area contributed by atoms with Gasteiger partial charge in [-0.2, -0.15) is 0 Å². The minimum atomic E-state index is -0.524. The number of likely N-dealkylation sites (tertiary alicyclic amines) is 1. The van der Waals surface area contributed by atoms with Crippen LogP contribution >= 0.6 is 0 Å². The van der Waals surface area contributed by atoms with Gasteiger partial charge in [0.1, 0.15) is 17.8 Å². The average Bonchev–Trinajstić information content (AvgIpc) is 3.33. The standard InChI is InChI=1S/C18H25N5O3/c1-11(2)16(23-10-13(20-21-23)15-6-5-7-26-15)18(25)22-9-12(3)8-14(22)17(24)19-4/h5-7,10-12,14,16H,8-9H2,1-4H3,(H,19,24)/t12-,14+,16?/m1/s1. The number of nitrogens with one attached hydrogen (secondary N) is 1. The van der Waals surface area contributed by atoms with E-state index in [0.717, 1.165) is 0 Å². The molecule has 2 aromatic heterocycles. The van der Waals surface area contributed by atoms with Gasteiger partial charge in [0.15, 0.2) is 5.76 Å². The van der Waals surface area contributed by atoms with Crippen molar-refractivity contribution in [2.45, 2.75) is 39.3 Å². The van der Waals surface area contributed by atoms with Gasteiger partial charge >= 0.3 is 0 Å². The van der Waals surface area contributed by atoms with Gasteiger partial charge in [0.05, 0.1) is 12.5 Å². The van der Waals surface area contributed by atoms with Gasteiger partial charge in [-0.15, -0.1) is 5.10 Å². The van der Waals surface area contributed by atoms with Crippen LogP contribution in [-0.2, 0) is 9.59 Å². The van der Waals surface area contributed by atoms with E-state index in [9.17, 15) is 9.59 Å². The number of rotatable bonds is 5. The summed E-state index contributed by atoms with van der Waals surface area (Å²) in [7, 11) is 1.60. The Bertz CT molecular complexity index is 768. The Balaban J connectivity index is 1.88. The number of amides is 2. The highest BCUT2D eigenvalue weighted by Crippen LogP contribution is 2.29. The first-order valence-electron chi connectivity index (χ1n) is 8.90. The molecule has 1 saturated heterocycles. The van der Waals surface area contributed by atoms with E-state index in [4.69, 9.17) is 4.42 Å². The van der Waals surface area contributed by atoms with Gasteiger partial charge in [0.25, 0.3) is 0 Å². The van der Waals surface area contributed by atoms with Gasteiger partial charge in [0.2, 0.25) is 11.8 Å². The topological polar surface area (TPSA) is 93.3 Å². The molecule has 26 heavy (non-hydrogen) atoms. The molecule has 0 bridgehead atoms. The number of aromatic nitrogens is 3. The Morgan fingerprint density at radius 3 is 2.77 bits per heavy atom. The van der Waals surface area contributed by atoms with Crippen molar-refractivity contribution in [3.05, 3.63) is 24.6 Å². The van der Waals surface area contributed by atoms with Crippen LogP contribution in [0.4, 0.5) is 0 Å². The molecule has 3 heterocycles. The molecule has 1 fully saturated rings. The number of hydrogen-bond acceptors (Lipinski definition) is 5. The lowest BCUT2D eigenvalue weighted by atomic mass is 10.0. The summed E-state index contributed by atoms with van der Waals surface area (Å²) in [5, 5.41) is 10.9. The first-order valence-corrected chi connectivity index (χ1v) is 8.90. The van der Waals surface area contributed by atoms with Crippen LogP contribution in [0, 0.1) is 11.8 Å². The lowest BCUT2D eigenvalue weighted by Gasteiger charge is -2.29. The number of furan rings is 1. The van der Waals surface area contributed by atoms with Gasteiger partial charge in [0, 0.05) is 13.6 Å². The molecule has 0 aliphatic carbocycles. The fourth-order valence-electron chi connectivity index (χ4n) is 3.53. The summed E-state index contributed by atoms with van der Waals surface area (Å²) in [6.07, 6.45) is 3.96. The highest BCUT2D eigenvalue weighted by atomic mass is 16.3. The number of likely N-dealkylation sites (N-methyl/N-ethyl adjacent to an activating group) is 1. The zero-order valence-electron chi connectivity index (χ0n) is 15.5.